The lowest BCUT2D eigenvalue weighted by Gasteiger charge is -2.58. The summed E-state index contributed by atoms with van der Waals surface area (Å²) in [6.07, 6.45) is 10.1. The molecule has 0 aromatic carbocycles. The van der Waals surface area contributed by atoms with Crippen LogP contribution < -0.4 is 5.32 Å². The Morgan fingerprint density at radius 3 is 1.95 bits per heavy atom. The van der Waals surface area contributed by atoms with Gasteiger partial charge < -0.3 is 5.32 Å². The number of nitriles is 1. The molecule has 19 heavy (non-hydrogen) atoms. The summed E-state index contributed by atoms with van der Waals surface area (Å²) < 4.78 is 0. The van der Waals surface area contributed by atoms with E-state index < -0.39 is 0 Å². The second-order valence-corrected chi connectivity index (χ2v) is 8.26. The van der Waals surface area contributed by atoms with Crippen molar-refractivity contribution in [1.82, 2.24) is 5.32 Å². The first kappa shape index (κ1) is 13.0. The van der Waals surface area contributed by atoms with Gasteiger partial charge in [-0.05, 0) is 77.0 Å². The van der Waals surface area contributed by atoms with Crippen molar-refractivity contribution in [3.05, 3.63) is 11.8 Å². The van der Waals surface area contributed by atoms with Crippen molar-refractivity contribution in [3.63, 3.8) is 0 Å². The van der Waals surface area contributed by atoms with Crippen molar-refractivity contribution in [1.29, 1.82) is 5.26 Å². The number of allylic oxidation sites excluding steroid dienone is 2. The van der Waals surface area contributed by atoms with Crippen LogP contribution >= 0.6 is 0 Å². The molecule has 4 aliphatic rings. The fraction of sp³-hybridized carbons (Fsp3) is 0.824. The van der Waals surface area contributed by atoms with Crippen LogP contribution in [0.15, 0.2) is 11.8 Å². The third kappa shape index (κ3) is 2.40. The lowest BCUT2D eigenvalue weighted by molar-refractivity contribution is -0.0354. The minimum Gasteiger partial charge on any atom is -0.383 e. The molecule has 0 spiro atoms. The fourth-order valence-corrected chi connectivity index (χ4v) is 5.23. The molecule has 4 aliphatic carbocycles. The average molecular weight is 258 g/mol. The molecule has 0 saturated heterocycles. The van der Waals surface area contributed by atoms with E-state index in [1.54, 1.807) is 6.08 Å². The average Bonchev–Trinajstić information content (AvgIpc) is 2.24. The van der Waals surface area contributed by atoms with Gasteiger partial charge in [0.2, 0.25) is 0 Å². The molecule has 1 N–H and O–H groups in total. The topological polar surface area (TPSA) is 35.8 Å². The lowest BCUT2D eigenvalue weighted by atomic mass is 9.48. The van der Waals surface area contributed by atoms with Gasteiger partial charge in [-0.3, -0.25) is 0 Å². The molecular formula is C17H26N2. The summed E-state index contributed by atoms with van der Waals surface area (Å²) in [5.41, 5.74) is 1.59. The molecule has 4 saturated carbocycles. The van der Waals surface area contributed by atoms with Crippen LogP contribution in [0.3, 0.4) is 0 Å². The molecule has 0 aromatic heterocycles. The molecule has 0 aliphatic heterocycles. The molecule has 0 atom stereocenters. The zero-order valence-electron chi connectivity index (χ0n) is 12.5. The van der Waals surface area contributed by atoms with Crippen molar-refractivity contribution in [2.45, 2.75) is 64.8 Å². The van der Waals surface area contributed by atoms with E-state index in [0.717, 1.165) is 17.8 Å². The van der Waals surface area contributed by atoms with Gasteiger partial charge in [0.05, 0.1) is 6.07 Å². The van der Waals surface area contributed by atoms with Crippen LogP contribution in [0, 0.1) is 34.5 Å². The Bertz CT molecular complexity index is 398. The highest BCUT2D eigenvalue weighted by atomic mass is 15.0. The quantitative estimate of drug-likeness (QED) is 0.760. The Kier molecular flexibility index (Phi) is 2.93. The molecule has 0 unspecified atom stereocenters. The monoisotopic (exact) mass is 258 g/mol. The summed E-state index contributed by atoms with van der Waals surface area (Å²) in [7, 11) is 0. The van der Waals surface area contributed by atoms with Crippen LogP contribution in [0.1, 0.15) is 59.3 Å². The maximum Gasteiger partial charge on any atom is 0.0930 e. The Labute approximate surface area is 117 Å². The molecule has 4 fully saturated rings. The third-order valence-corrected chi connectivity index (χ3v) is 5.33. The van der Waals surface area contributed by atoms with Crippen LogP contribution in [0.4, 0.5) is 0 Å². The molecule has 2 heteroatoms. The molecule has 2 nitrogen and oxygen atoms in total. The van der Waals surface area contributed by atoms with Gasteiger partial charge >= 0.3 is 0 Å². The number of nitrogens with one attached hydrogen (secondary N) is 1. The Morgan fingerprint density at radius 2 is 1.58 bits per heavy atom. The number of nitrogens with zero attached hydrogens (tertiary/aromatic N) is 1. The summed E-state index contributed by atoms with van der Waals surface area (Å²) in [6.45, 7) is 6.58. The van der Waals surface area contributed by atoms with Crippen LogP contribution in [0.2, 0.25) is 0 Å². The zero-order valence-corrected chi connectivity index (χ0v) is 12.5. The highest BCUT2D eigenvalue weighted by Crippen LogP contribution is 2.62. The van der Waals surface area contributed by atoms with Gasteiger partial charge in [0.15, 0.2) is 0 Å². The van der Waals surface area contributed by atoms with E-state index in [9.17, 15) is 0 Å². The molecule has 0 amide bonds. The summed E-state index contributed by atoms with van der Waals surface area (Å²) >= 11 is 0. The van der Waals surface area contributed by atoms with Gasteiger partial charge in [0, 0.05) is 22.7 Å². The van der Waals surface area contributed by atoms with E-state index in [4.69, 9.17) is 5.26 Å². The highest BCUT2D eigenvalue weighted by molar-refractivity contribution is 5.25. The minimum atomic E-state index is 0.0476. The summed E-state index contributed by atoms with van der Waals surface area (Å²) in [5.74, 6) is 2.78. The Hall–Kier alpha value is -0.970. The summed E-state index contributed by atoms with van der Waals surface area (Å²) in [5, 5.41) is 12.8. The van der Waals surface area contributed by atoms with Crippen molar-refractivity contribution >= 4 is 0 Å². The van der Waals surface area contributed by atoms with Gasteiger partial charge in [-0.15, -0.1) is 0 Å². The zero-order chi connectivity index (χ0) is 13.7. The van der Waals surface area contributed by atoms with Gasteiger partial charge in [-0.25, -0.2) is 0 Å². The van der Waals surface area contributed by atoms with Crippen molar-refractivity contribution in [2.75, 3.05) is 0 Å². The van der Waals surface area contributed by atoms with E-state index >= 15 is 0 Å². The van der Waals surface area contributed by atoms with Crippen LogP contribution in [-0.4, -0.2) is 5.54 Å². The van der Waals surface area contributed by atoms with Crippen LogP contribution in [-0.2, 0) is 0 Å². The van der Waals surface area contributed by atoms with Crippen LogP contribution in [0.5, 0.6) is 0 Å². The van der Waals surface area contributed by atoms with E-state index in [1.165, 1.54) is 44.2 Å². The maximum atomic E-state index is 9.17. The van der Waals surface area contributed by atoms with Gasteiger partial charge in [0.1, 0.15) is 0 Å². The third-order valence-electron chi connectivity index (χ3n) is 5.33. The van der Waals surface area contributed by atoms with Crippen LogP contribution in [0.25, 0.3) is 0 Å². The minimum absolute atomic E-state index is 0.0476. The first-order valence-electron chi connectivity index (χ1n) is 7.79. The fourth-order valence-electron chi connectivity index (χ4n) is 5.23. The molecule has 0 radical (unpaired) electrons. The SMILES string of the molecule is CC(C)(C)N/C(=C/C#N)C12CC3CC(CC(C3)C1)C2. The molecule has 0 aromatic rings. The predicted octanol–water partition coefficient (Wildman–Crippen LogP) is 4.00. The van der Waals surface area contributed by atoms with Gasteiger partial charge in [-0.1, -0.05) is 0 Å². The maximum absolute atomic E-state index is 9.17. The molecule has 104 valence electrons. The largest absolute Gasteiger partial charge is 0.383 e. The van der Waals surface area contributed by atoms with Crippen molar-refractivity contribution in [2.24, 2.45) is 23.2 Å². The van der Waals surface area contributed by atoms with Gasteiger partial charge in [0.25, 0.3) is 0 Å². The molecule has 4 bridgehead atoms. The van der Waals surface area contributed by atoms with E-state index in [2.05, 4.69) is 32.2 Å². The van der Waals surface area contributed by atoms with E-state index in [-0.39, 0.29) is 5.54 Å². The first-order chi connectivity index (χ1) is 8.90. The van der Waals surface area contributed by atoms with Crippen molar-refractivity contribution < 1.29 is 0 Å². The molecular weight excluding hydrogens is 232 g/mol. The number of hydrogen-bond acceptors (Lipinski definition) is 2. The van der Waals surface area contributed by atoms with Gasteiger partial charge in [-0.2, -0.15) is 5.26 Å². The Morgan fingerprint density at radius 1 is 1.11 bits per heavy atom. The van der Waals surface area contributed by atoms with E-state index in [1.807, 2.05) is 0 Å². The van der Waals surface area contributed by atoms with Crippen molar-refractivity contribution in [3.8, 4) is 6.07 Å². The smallest absolute Gasteiger partial charge is 0.0930 e. The highest BCUT2D eigenvalue weighted by Gasteiger charge is 2.52. The first-order valence-corrected chi connectivity index (χ1v) is 7.79. The standard InChI is InChI=1S/C17H26N2/c1-16(2,3)19-15(4-5-18)17-9-12-6-13(10-17)8-14(7-12)11-17/h4,12-14,19H,6-11H2,1-3H3/b15-4+. The summed E-state index contributed by atoms with van der Waals surface area (Å²) in [4.78, 5) is 0. The lowest BCUT2D eigenvalue weighted by Crippen LogP contribution is -2.51. The summed E-state index contributed by atoms with van der Waals surface area (Å²) in [6, 6.07) is 2.29. The predicted molar refractivity (Wildman–Crippen MR) is 77.2 cm³/mol. The second kappa shape index (κ2) is 4.27. The number of hydrogen-bond donors (Lipinski definition) is 1. The second-order valence-electron chi connectivity index (χ2n) is 8.26. The number of rotatable bonds is 2. The molecule has 4 rings (SSSR count). The Balaban J connectivity index is 1.90. The normalized spacial score (nSPS) is 41.2. The molecule has 0 heterocycles. The van der Waals surface area contributed by atoms with E-state index in [0.29, 0.717) is 5.41 Å².